The molecule has 0 aromatic heterocycles. The molecule has 2 atom stereocenters. The van der Waals surface area contributed by atoms with E-state index >= 15 is 0 Å². The molecule has 0 aromatic carbocycles. The van der Waals surface area contributed by atoms with Crippen molar-refractivity contribution in [2.75, 3.05) is 0 Å². The summed E-state index contributed by atoms with van der Waals surface area (Å²) in [6, 6.07) is 0. The minimum absolute atomic E-state index is 0.0650. The number of hydrogen-bond acceptors (Lipinski definition) is 2. The second-order valence-corrected chi connectivity index (χ2v) is 2.12. The molecule has 0 radical (unpaired) electrons. The van der Waals surface area contributed by atoms with E-state index in [2.05, 4.69) is 0 Å². The molecular weight excluding hydrogens is 116 g/mol. The van der Waals surface area contributed by atoms with Crippen LogP contribution in [0.3, 0.4) is 0 Å². The molecule has 52 valence electrons. The normalized spacial score (nSPS) is 17.7. The molecule has 2 heteroatoms. The molecular formula is C7H12O2. The summed E-state index contributed by atoms with van der Waals surface area (Å²) in [5.41, 5.74) is 0. The lowest BCUT2D eigenvalue weighted by molar-refractivity contribution is -0.104. The first-order chi connectivity index (χ1) is 4.18. The molecule has 0 spiro atoms. The Balaban J connectivity index is 3.61. The summed E-state index contributed by atoms with van der Waals surface area (Å²) in [5, 5.41) is 8.88. The van der Waals surface area contributed by atoms with Gasteiger partial charge in [0.25, 0.3) is 0 Å². The monoisotopic (exact) mass is 128 g/mol. The highest BCUT2D eigenvalue weighted by Crippen LogP contribution is 2.01. The van der Waals surface area contributed by atoms with Gasteiger partial charge in [-0.05, 0) is 13.0 Å². The minimum Gasteiger partial charge on any atom is -0.393 e. The first kappa shape index (κ1) is 8.37. The Kier molecular flexibility index (Phi) is 3.97. The number of allylic oxidation sites excluding steroid dienone is 1. The molecule has 2 nitrogen and oxygen atoms in total. The number of aldehydes is 1. The molecule has 0 rings (SSSR count). The molecule has 0 amide bonds. The van der Waals surface area contributed by atoms with Crippen molar-refractivity contribution < 1.29 is 9.90 Å². The molecule has 0 saturated heterocycles. The summed E-state index contributed by atoms with van der Waals surface area (Å²) in [5.74, 6) is 0.0650. The van der Waals surface area contributed by atoms with Gasteiger partial charge >= 0.3 is 0 Å². The lowest BCUT2D eigenvalue weighted by atomic mass is 10.1. The van der Waals surface area contributed by atoms with Crippen LogP contribution in [0.2, 0.25) is 0 Å². The zero-order chi connectivity index (χ0) is 7.28. The maximum atomic E-state index is 9.76. The van der Waals surface area contributed by atoms with Gasteiger partial charge in [0.15, 0.2) is 0 Å². The van der Waals surface area contributed by atoms with Crippen LogP contribution in [-0.2, 0) is 4.79 Å². The van der Waals surface area contributed by atoms with Crippen LogP contribution in [0.5, 0.6) is 0 Å². The van der Waals surface area contributed by atoms with Gasteiger partial charge in [-0.2, -0.15) is 0 Å². The Labute approximate surface area is 55.2 Å². The zero-order valence-electron chi connectivity index (χ0n) is 5.74. The SMILES string of the molecule is CC(O)C(C)/C=C/C=O. The van der Waals surface area contributed by atoms with Crippen LogP contribution in [-0.4, -0.2) is 17.5 Å². The standard InChI is InChI=1S/C7H12O2/c1-6(7(2)9)4-3-5-8/h3-7,9H,1-2H3/b4-3+. The van der Waals surface area contributed by atoms with Gasteiger partial charge in [-0.3, -0.25) is 4.79 Å². The van der Waals surface area contributed by atoms with Crippen LogP contribution in [0.25, 0.3) is 0 Å². The van der Waals surface area contributed by atoms with E-state index in [9.17, 15) is 4.79 Å². The van der Waals surface area contributed by atoms with Crippen molar-refractivity contribution in [3.8, 4) is 0 Å². The van der Waals surface area contributed by atoms with E-state index in [0.29, 0.717) is 6.29 Å². The summed E-state index contributed by atoms with van der Waals surface area (Å²) in [4.78, 5) is 9.76. The van der Waals surface area contributed by atoms with E-state index < -0.39 is 0 Å². The Morgan fingerprint density at radius 1 is 1.44 bits per heavy atom. The summed E-state index contributed by atoms with van der Waals surface area (Å²) >= 11 is 0. The smallest absolute Gasteiger partial charge is 0.142 e. The van der Waals surface area contributed by atoms with Gasteiger partial charge in [0.05, 0.1) is 6.10 Å². The number of hydrogen-bond donors (Lipinski definition) is 1. The predicted octanol–water partition coefficient (Wildman–Crippen LogP) is 0.758. The quantitative estimate of drug-likeness (QED) is 0.450. The van der Waals surface area contributed by atoms with Crippen LogP contribution in [0.4, 0.5) is 0 Å². The molecule has 1 N–H and O–H groups in total. The van der Waals surface area contributed by atoms with Crippen molar-refractivity contribution >= 4 is 6.29 Å². The summed E-state index contributed by atoms with van der Waals surface area (Å²) in [7, 11) is 0. The minimum atomic E-state index is -0.374. The Hall–Kier alpha value is -0.630. The fourth-order valence-corrected chi connectivity index (χ4v) is 0.381. The molecule has 2 unspecified atom stereocenters. The van der Waals surface area contributed by atoms with Crippen molar-refractivity contribution in [3.63, 3.8) is 0 Å². The number of aliphatic hydroxyl groups is 1. The van der Waals surface area contributed by atoms with Gasteiger partial charge < -0.3 is 5.11 Å². The summed E-state index contributed by atoms with van der Waals surface area (Å²) < 4.78 is 0. The van der Waals surface area contributed by atoms with Gasteiger partial charge in [-0.25, -0.2) is 0 Å². The highest BCUT2D eigenvalue weighted by molar-refractivity contribution is 5.64. The second-order valence-electron chi connectivity index (χ2n) is 2.12. The molecule has 0 aliphatic rings. The Morgan fingerprint density at radius 2 is 2.00 bits per heavy atom. The lowest BCUT2D eigenvalue weighted by Gasteiger charge is -2.07. The van der Waals surface area contributed by atoms with Gasteiger partial charge in [-0.1, -0.05) is 13.0 Å². The highest BCUT2D eigenvalue weighted by atomic mass is 16.3. The van der Waals surface area contributed by atoms with Crippen LogP contribution in [0, 0.1) is 5.92 Å². The molecule has 0 aromatic rings. The van der Waals surface area contributed by atoms with E-state index in [1.165, 1.54) is 6.08 Å². The van der Waals surface area contributed by atoms with Crippen LogP contribution in [0.1, 0.15) is 13.8 Å². The molecule has 0 saturated carbocycles. The largest absolute Gasteiger partial charge is 0.393 e. The van der Waals surface area contributed by atoms with E-state index in [1.807, 2.05) is 6.92 Å². The van der Waals surface area contributed by atoms with Gasteiger partial charge in [0.2, 0.25) is 0 Å². The summed E-state index contributed by atoms with van der Waals surface area (Å²) in [6.45, 7) is 3.55. The van der Waals surface area contributed by atoms with E-state index in [1.54, 1.807) is 13.0 Å². The number of rotatable bonds is 3. The van der Waals surface area contributed by atoms with Crippen LogP contribution >= 0.6 is 0 Å². The van der Waals surface area contributed by atoms with Gasteiger partial charge in [-0.15, -0.1) is 0 Å². The van der Waals surface area contributed by atoms with Crippen molar-refractivity contribution in [2.45, 2.75) is 20.0 Å². The van der Waals surface area contributed by atoms with Crippen molar-refractivity contribution in [1.82, 2.24) is 0 Å². The average molecular weight is 128 g/mol. The third kappa shape index (κ3) is 3.91. The Morgan fingerprint density at radius 3 is 2.33 bits per heavy atom. The van der Waals surface area contributed by atoms with Crippen molar-refractivity contribution in [2.24, 2.45) is 5.92 Å². The first-order valence-electron chi connectivity index (χ1n) is 2.98. The maximum absolute atomic E-state index is 9.76. The predicted molar refractivity (Wildman–Crippen MR) is 36.0 cm³/mol. The number of carbonyl (C=O) groups is 1. The van der Waals surface area contributed by atoms with Crippen LogP contribution < -0.4 is 0 Å². The lowest BCUT2D eigenvalue weighted by Crippen LogP contribution is -2.09. The number of aliphatic hydroxyl groups excluding tert-OH is 1. The molecule has 0 aliphatic heterocycles. The van der Waals surface area contributed by atoms with Gasteiger partial charge in [0.1, 0.15) is 6.29 Å². The van der Waals surface area contributed by atoms with E-state index in [-0.39, 0.29) is 12.0 Å². The van der Waals surface area contributed by atoms with Crippen LogP contribution in [0.15, 0.2) is 12.2 Å². The Bertz CT molecular complexity index is 105. The van der Waals surface area contributed by atoms with Crippen molar-refractivity contribution in [1.29, 1.82) is 0 Å². The first-order valence-corrected chi connectivity index (χ1v) is 2.98. The molecule has 0 heterocycles. The number of carbonyl (C=O) groups excluding carboxylic acids is 1. The fraction of sp³-hybridized carbons (Fsp3) is 0.571. The topological polar surface area (TPSA) is 37.3 Å². The van der Waals surface area contributed by atoms with E-state index in [0.717, 1.165) is 0 Å². The van der Waals surface area contributed by atoms with Crippen molar-refractivity contribution in [3.05, 3.63) is 12.2 Å². The molecule has 9 heavy (non-hydrogen) atoms. The maximum Gasteiger partial charge on any atom is 0.142 e. The molecule has 0 fully saturated rings. The zero-order valence-corrected chi connectivity index (χ0v) is 5.74. The third-order valence-electron chi connectivity index (χ3n) is 1.25. The highest BCUT2D eigenvalue weighted by Gasteiger charge is 2.01. The molecule has 0 bridgehead atoms. The van der Waals surface area contributed by atoms with Gasteiger partial charge in [0, 0.05) is 5.92 Å². The van der Waals surface area contributed by atoms with E-state index in [4.69, 9.17) is 5.11 Å². The summed E-state index contributed by atoms with van der Waals surface area (Å²) in [6.07, 6.45) is 3.41. The third-order valence-corrected chi connectivity index (χ3v) is 1.25. The molecule has 0 aliphatic carbocycles. The fourth-order valence-electron chi connectivity index (χ4n) is 0.381. The second kappa shape index (κ2) is 4.27. The average Bonchev–Trinajstić information content (AvgIpc) is 1.82.